The summed E-state index contributed by atoms with van der Waals surface area (Å²) in [6.07, 6.45) is 0. The summed E-state index contributed by atoms with van der Waals surface area (Å²) in [5, 5.41) is 4.72. The summed E-state index contributed by atoms with van der Waals surface area (Å²) in [4.78, 5) is 9.43. The molecule has 0 radical (unpaired) electrons. The molecule has 2 heterocycles. The van der Waals surface area contributed by atoms with Crippen LogP contribution in [-0.4, -0.2) is 19.6 Å². The molecule has 0 aliphatic rings. The standard InChI is InChI=1S/C19H24N4/c1-18(2,3)14-12-15(19(4,5)6)23-17(20-14)21-16(22-23)13-10-8-7-9-11-13/h7-12H,1-6H3. The Labute approximate surface area is 137 Å². The Morgan fingerprint density at radius 3 is 2.04 bits per heavy atom. The molecular formula is C19H24N4. The third kappa shape index (κ3) is 2.98. The normalized spacial score (nSPS) is 12.8. The van der Waals surface area contributed by atoms with Gasteiger partial charge in [-0.05, 0) is 6.07 Å². The second-order valence-electron chi connectivity index (χ2n) is 8.04. The van der Waals surface area contributed by atoms with E-state index in [-0.39, 0.29) is 10.8 Å². The highest BCUT2D eigenvalue weighted by molar-refractivity contribution is 5.57. The Kier molecular flexibility index (Phi) is 3.51. The van der Waals surface area contributed by atoms with Crippen LogP contribution in [0, 0.1) is 0 Å². The first kappa shape index (κ1) is 15.7. The fraction of sp³-hybridized carbons (Fsp3) is 0.421. The summed E-state index contributed by atoms with van der Waals surface area (Å²) in [7, 11) is 0. The van der Waals surface area contributed by atoms with Gasteiger partial charge in [-0.2, -0.15) is 4.98 Å². The van der Waals surface area contributed by atoms with Crippen LogP contribution >= 0.6 is 0 Å². The summed E-state index contributed by atoms with van der Waals surface area (Å²) < 4.78 is 1.89. The van der Waals surface area contributed by atoms with Crippen LogP contribution in [0.3, 0.4) is 0 Å². The molecule has 3 rings (SSSR count). The van der Waals surface area contributed by atoms with Gasteiger partial charge in [-0.1, -0.05) is 71.9 Å². The molecule has 120 valence electrons. The van der Waals surface area contributed by atoms with Crippen LogP contribution < -0.4 is 0 Å². The molecule has 2 aromatic heterocycles. The maximum absolute atomic E-state index is 4.76. The SMILES string of the molecule is CC(C)(C)c1cc(C(C)(C)C)n2nc(-c3ccccc3)nc2n1. The van der Waals surface area contributed by atoms with Gasteiger partial charge in [0.1, 0.15) is 0 Å². The van der Waals surface area contributed by atoms with Gasteiger partial charge in [-0.15, -0.1) is 5.10 Å². The number of hydrogen-bond acceptors (Lipinski definition) is 3. The molecule has 0 aliphatic carbocycles. The van der Waals surface area contributed by atoms with E-state index < -0.39 is 0 Å². The molecule has 0 amide bonds. The molecule has 0 fully saturated rings. The van der Waals surface area contributed by atoms with Crippen molar-refractivity contribution >= 4 is 5.78 Å². The first-order valence-electron chi connectivity index (χ1n) is 8.00. The van der Waals surface area contributed by atoms with E-state index in [1.807, 2.05) is 34.8 Å². The predicted molar refractivity (Wildman–Crippen MR) is 93.6 cm³/mol. The smallest absolute Gasteiger partial charge is 0.216 e. The van der Waals surface area contributed by atoms with Crippen molar-refractivity contribution in [1.82, 2.24) is 19.6 Å². The van der Waals surface area contributed by atoms with Crippen LogP contribution in [-0.2, 0) is 10.8 Å². The highest BCUT2D eigenvalue weighted by Gasteiger charge is 2.25. The summed E-state index contributed by atoms with van der Waals surface area (Å²) in [5.74, 6) is 1.39. The summed E-state index contributed by atoms with van der Waals surface area (Å²) in [6, 6.07) is 12.2. The summed E-state index contributed by atoms with van der Waals surface area (Å²) >= 11 is 0. The van der Waals surface area contributed by atoms with Crippen molar-refractivity contribution in [2.75, 3.05) is 0 Å². The van der Waals surface area contributed by atoms with Gasteiger partial charge in [0.05, 0.1) is 11.4 Å². The molecule has 0 atom stereocenters. The van der Waals surface area contributed by atoms with Crippen molar-refractivity contribution in [1.29, 1.82) is 0 Å². The van der Waals surface area contributed by atoms with Gasteiger partial charge in [0.2, 0.25) is 0 Å². The first-order valence-corrected chi connectivity index (χ1v) is 8.00. The lowest BCUT2D eigenvalue weighted by molar-refractivity contribution is 0.525. The van der Waals surface area contributed by atoms with Gasteiger partial charge in [0.25, 0.3) is 5.78 Å². The number of benzene rings is 1. The van der Waals surface area contributed by atoms with Gasteiger partial charge in [0, 0.05) is 16.4 Å². The van der Waals surface area contributed by atoms with E-state index in [4.69, 9.17) is 10.1 Å². The van der Waals surface area contributed by atoms with Crippen molar-refractivity contribution in [3.8, 4) is 11.4 Å². The van der Waals surface area contributed by atoms with Gasteiger partial charge < -0.3 is 0 Å². The average molecular weight is 308 g/mol. The molecule has 0 saturated carbocycles. The van der Waals surface area contributed by atoms with Crippen LogP contribution in [0.25, 0.3) is 17.2 Å². The highest BCUT2D eigenvalue weighted by atomic mass is 15.3. The summed E-state index contributed by atoms with van der Waals surface area (Å²) in [5.41, 5.74) is 3.11. The lowest BCUT2D eigenvalue weighted by Gasteiger charge is -2.24. The lowest BCUT2D eigenvalue weighted by atomic mass is 9.86. The maximum atomic E-state index is 4.76. The number of fused-ring (bicyclic) bond motifs is 1. The molecule has 0 bridgehead atoms. The van der Waals surface area contributed by atoms with Crippen LogP contribution in [0.4, 0.5) is 0 Å². The molecule has 1 aromatic carbocycles. The van der Waals surface area contributed by atoms with Crippen molar-refractivity contribution in [2.24, 2.45) is 0 Å². The predicted octanol–water partition coefficient (Wildman–Crippen LogP) is 4.39. The number of hydrogen-bond donors (Lipinski definition) is 0. The van der Waals surface area contributed by atoms with Crippen molar-refractivity contribution < 1.29 is 0 Å². The Bertz CT molecular complexity index is 833. The largest absolute Gasteiger partial charge is 0.253 e. The molecular weight excluding hydrogens is 284 g/mol. The van der Waals surface area contributed by atoms with E-state index >= 15 is 0 Å². The van der Waals surface area contributed by atoms with Crippen LogP contribution in [0.2, 0.25) is 0 Å². The minimum Gasteiger partial charge on any atom is -0.216 e. The van der Waals surface area contributed by atoms with Crippen molar-refractivity contribution in [3.05, 3.63) is 47.8 Å². The molecule has 23 heavy (non-hydrogen) atoms. The Hall–Kier alpha value is -2.23. The number of nitrogens with zero attached hydrogens (tertiary/aromatic N) is 4. The Balaban J connectivity index is 2.28. The number of aromatic nitrogens is 4. The zero-order valence-electron chi connectivity index (χ0n) is 14.8. The lowest BCUT2D eigenvalue weighted by Crippen LogP contribution is -2.22. The van der Waals surface area contributed by atoms with E-state index in [1.54, 1.807) is 0 Å². The fourth-order valence-corrected chi connectivity index (χ4v) is 2.50. The van der Waals surface area contributed by atoms with Gasteiger partial charge in [-0.25, -0.2) is 9.50 Å². The van der Waals surface area contributed by atoms with E-state index in [1.165, 1.54) is 0 Å². The van der Waals surface area contributed by atoms with E-state index in [0.717, 1.165) is 22.8 Å². The maximum Gasteiger partial charge on any atom is 0.253 e. The third-order valence-electron chi connectivity index (χ3n) is 3.88. The highest BCUT2D eigenvalue weighted by Crippen LogP contribution is 2.29. The van der Waals surface area contributed by atoms with Crippen LogP contribution in [0.5, 0.6) is 0 Å². The molecule has 4 heteroatoms. The zero-order valence-corrected chi connectivity index (χ0v) is 14.8. The first-order chi connectivity index (χ1) is 10.7. The zero-order chi connectivity index (χ0) is 16.8. The number of rotatable bonds is 1. The minimum absolute atomic E-state index is 0.0272. The minimum atomic E-state index is -0.0388. The second kappa shape index (κ2) is 5.15. The van der Waals surface area contributed by atoms with Crippen molar-refractivity contribution in [2.45, 2.75) is 52.4 Å². The molecule has 0 aliphatic heterocycles. The second-order valence-corrected chi connectivity index (χ2v) is 8.04. The van der Waals surface area contributed by atoms with Crippen LogP contribution in [0.15, 0.2) is 36.4 Å². The molecule has 0 spiro atoms. The van der Waals surface area contributed by atoms with Crippen molar-refractivity contribution in [3.63, 3.8) is 0 Å². The van der Waals surface area contributed by atoms with Crippen LogP contribution in [0.1, 0.15) is 52.9 Å². The molecule has 4 nitrogen and oxygen atoms in total. The Morgan fingerprint density at radius 2 is 1.48 bits per heavy atom. The molecule has 3 aromatic rings. The molecule has 0 saturated heterocycles. The summed E-state index contributed by atoms with van der Waals surface area (Å²) in [6.45, 7) is 13.1. The van der Waals surface area contributed by atoms with Gasteiger partial charge >= 0.3 is 0 Å². The monoisotopic (exact) mass is 308 g/mol. The topological polar surface area (TPSA) is 43.1 Å². The van der Waals surface area contributed by atoms with E-state index in [2.05, 4.69) is 52.6 Å². The fourth-order valence-electron chi connectivity index (χ4n) is 2.50. The van der Waals surface area contributed by atoms with Gasteiger partial charge in [0.15, 0.2) is 5.82 Å². The van der Waals surface area contributed by atoms with E-state index in [9.17, 15) is 0 Å². The van der Waals surface area contributed by atoms with E-state index in [0.29, 0.717) is 5.78 Å². The third-order valence-corrected chi connectivity index (χ3v) is 3.88. The molecule has 0 unspecified atom stereocenters. The molecule has 0 N–H and O–H groups in total. The average Bonchev–Trinajstić information content (AvgIpc) is 2.89. The quantitative estimate of drug-likeness (QED) is 0.670. The Morgan fingerprint density at radius 1 is 0.826 bits per heavy atom. The van der Waals surface area contributed by atoms with Gasteiger partial charge in [-0.3, -0.25) is 0 Å².